The van der Waals surface area contributed by atoms with Gasteiger partial charge in [-0.25, -0.2) is 4.98 Å². The highest BCUT2D eigenvalue weighted by Crippen LogP contribution is 2.47. The molecular formula is C28H32ClN3O5. The summed E-state index contributed by atoms with van der Waals surface area (Å²) < 4.78 is 11.1. The molecule has 1 saturated heterocycles. The number of hydrogen-bond donors (Lipinski definition) is 2. The second-order valence-corrected chi connectivity index (χ2v) is 9.31. The number of rotatable bonds is 8. The summed E-state index contributed by atoms with van der Waals surface area (Å²) in [5.41, 5.74) is 2.11. The minimum atomic E-state index is -0.480. The molecule has 1 amide bonds. The first kappa shape index (κ1) is 26.4. The standard InChI is InChI=1S/C28H32ClN3O5/c1-4-5-7-20-23(24-21(36-2)8-6-9-22(24)37-3)26(33)25(27(34)30-20)28(35)32-16-14-31(15-17-32)19-12-10-18(29)11-13-19/h6,8-13H,4-5,7,14-17H2,1-3H3,(H2,30,33,34). The SMILES string of the molecule is CCCCc1nc(O)c(C(=O)N2CCN(c3ccc(Cl)cc3)CC2)c(O)c1-c1c(OC)cccc1OC. The van der Waals surface area contributed by atoms with Crippen LogP contribution in [0.2, 0.25) is 5.02 Å². The first-order valence-corrected chi connectivity index (χ1v) is 12.7. The third-order valence-corrected chi connectivity index (χ3v) is 6.90. The molecule has 1 aliphatic rings. The van der Waals surface area contributed by atoms with E-state index >= 15 is 0 Å². The molecule has 0 aliphatic carbocycles. The van der Waals surface area contributed by atoms with Gasteiger partial charge in [0.15, 0.2) is 0 Å². The minimum Gasteiger partial charge on any atom is -0.506 e. The van der Waals surface area contributed by atoms with Gasteiger partial charge in [-0.05, 0) is 49.2 Å². The molecule has 4 rings (SSSR count). The van der Waals surface area contributed by atoms with Crippen LogP contribution in [0.1, 0.15) is 35.8 Å². The van der Waals surface area contributed by atoms with Crippen LogP contribution in [-0.4, -0.2) is 66.4 Å². The smallest absolute Gasteiger partial charge is 0.263 e. The number of hydrogen-bond acceptors (Lipinski definition) is 7. The summed E-state index contributed by atoms with van der Waals surface area (Å²) in [7, 11) is 3.06. The topological polar surface area (TPSA) is 95.4 Å². The number of piperazine rings is 1. The number of anilines is 1. The summed E-state index contributed by atoms with van der Waals surface area (Å²) in [5, 5.41) is 23.0. The molecule has 0 radical (unpaired) electrons. The molecular weight excluding hydrogens is 494 g/mol. The van der Waals surface area contributed by atoms with Crippen LogP contribution >= 0.6 is 11.6 Å². The fourth-order valence-electron chi connectivity index (χ4n) is 4.67. The summed E-state index contributed by atoms with van der Waals surface area (Å²) in [4.78, 5) is 21.8. The van der Waals surface area contributed by atoms with Gasteiger partial charge in [0.05, 0.1) is 31.0 Å². The Labute approximate surface area is 222 Å². The van der Waals surface area contributed by atoms with Gasteiger partial charge in [0.25, 0.3) is 5.91 Å². The lowest BCUT2D eigenvalue weighted by Crippen LogP contribution is -2.48. The number of aromatic hydroxyl groups is 2. The van der Waals surface area contributed by atoms with E-state index in [0.717, 1.165) is 18.5 Å². The maximum absolute atomic E-state index is 13.6. The molecule has 9 heteroatoms. The van der Waals surface area contributed by atoms with Gasteiger partial charge in [-0.1, -0.05) is 31.0 Å². The Morgan fingerprint density at radius 1 is 0.973 bits per heavy atom. The monoisotopic (exact) mass is 525 g/mol. The number of ether oxygens (including phenoxy) is 2. The number of aromatic nitrogens is 1. The molecule has 2 aromatic carbocycles. The molecule has 0 unspecified atom stereocenters. The van der Waals surface area contributed by atoms with E-state index in [4.69, 9.17) is 21.1 Å². The van der Waals surface area contributed by atoms with Crippen molar-refractivity contribution in [1.29, 1.82) is 0 Å². The molecule has 3 aromatic rings. The Morgan fingerprint density at radius 3 is 2.16 bits per heavy atom. The zero-order chi connectivity index (χ0) is 26.5. The van der Waals surface area contributed by atoms with Crippen molar-refractivity contribution in [2.45, 2.75) is 26.2 Å². The van der Waals surface area contributed by atoms with E-state index in [0.29, 0.717) is 65.9 Å². The molecule has 2 N–H and O–H groups in total. The summed E-state index contributed by atoms with van der Waals surface area (Å²) >= 11 is 6.01. The number of halogens is 1. The molecule has 37 heavy (non-hydrogen) atoms. The van der Waals surface area contributed by atoms with Gasteiger partial charge >= 0.3 is 0 Å². The number of nitrogens with zero attached hydrogens (tertiary/aromatic N) is 3. The zero-order valence-corrected chi connectivity index (χ0v) is 22.1. The van der Waals surface area contributed by atoms with E-state index in [9.17, 15) is 15.0 Å². The number of amides is 1. The Kier molecular flexibility index (Phi) is 8.28. The Bertz CT molecular complexity index is 1240. The third kappa shape index (κ3) is 5.39. The van der Waals surface area contributed by atoms with Gasteiger partial charge < -0.3 is 29.5 Å². The Balaban J connectivity index is 1.71. The van der Waals surface area contributed by atoms with Crippen molar-refractivity contribution in [3.05, 3.63) is 58.7 Å². The predicted molar refractivity (Wildman–Crippen MR) is 144 cm³/mol. The van der Waals surface area contributed by atoms with Gasteiger partial charge in [-0.2, -0.15) is 0 Å². The minimum absolute atomic E-state index is 0.219. The summed E-state index contributed by atoms with van der Waals surface area (Å²) in [6, 6.07) is 12.9. The van der Waals surface area contributed by atoms with Crippen LogP contribution in [0.4, 0.5) is 5.69 Å². The number of methoxy groups -OCH3 is 2. The first-order valence-electron chi connectivity index (χ1n) is 12.4. The lowest BCUT2D eigenvalue weighted by molar-refractivity contribution is 0.0739. The van der Waals surface area contributed by atoms with Crippen molar-refractivity contribution < 1.29 is 24.5 Å². The second kappa shape index (κ2) is 11.6. The van der Waals surface area contributed by atoms with Crippen LogP contribution < -0.4 is 14.4 Å². The van der Waals surface area contributed by atoms with Gasteiger partial charge in [0.2, 0.25) is 5.88 Å². The van der Waals surface area contributed by atoms with Crippen molar-refractivity contribution in [1.82, 2.24) is 9.88 Å². The number of carbonyl (C=O) groups excluding carboxylic acids is 1. The molecule has 1 fully saturated rings. The molecule has 2 heterocycles. The van der Waals surface area contributed by atoms with E-state index in [-0.39, 0.29) is 11.3 Å². The fourth-order valence-corrected chi connectivity index (χ4v) is 4.79. The van der Waals surface area contributed by atoms with Crippen molar-refractivity contribution in [3.8, 4) is 34.3 Å². The summed E-state index contributed by atoms with van der Waals surface area (Å²) in [5.74, 6) is -0.349. The molecule has 8 nitrogen and oxygen atoms in total. The number of aryl methyl sites for hydroxylation is 1. The Morgan fingerprint density at radius 2 is 1.59 bits per heavy atom. The van der Waals surface area contributed by atoms with Crippen LogP contribution in [-0.2, 0) is 6.42 Å². The zero-order valence-electron chi connectivity index (χ0n) is 21.3. The lowest BCUT2D eigenvalue weighted by atomic mass is 9.95. The maximum Gasteiger partial charge on any atom is 0.263 e. The molecule has 1 aliphatic heterocycles. The number of unbranched alkanes of at least 4 members (excludes halogenated alkanes) is 1. The van der Waals surface area contributed by atoms with Gasteiger partial charge in [0.1, 0.15) is 22.8 Å². The van der Waals surface area contributed by atoms with Gasteiger partial charge in [0, 0.05) is 36.9 Å². The average Bonchev–Trinajstić information content (AvgIpc) is 2.92. The normalized spacial score (nSPS) is 13.5. The maximum atomic E-state index is 13.6. The fraction of sp³-hybridized carbons (Fsp3) is 0.357. The molecule has 1 aromatic heterocycles. The van der Waals surface area contributed by atoms with Crippen LogP contribution in [0.15, 0.2) is 42.5 Å². The van der Waals surface area contributed by atoms with E-state index in [1.54, 1.807) is 23.1 Å². The van der Waals surface area contributed by atoms with Crippen molar-refractivity contribution in [2.75, 3.05) is 45.3 Å². The van der Waals surface area contributed by atoms with E-state index in [2.05, 4.69) is 9.88 Å². The number of pyridine rings is 1. The molecule has 0 bridgehead atoms. The molecule has 0 saturated carbocycles. The average molecular weight is 526 g/mol. The van der Waals surface area contributed by atoms with Gasteiger partial charge in [-0.15, -0.1) is 0 Å². The highest BCUT2D eigenvalue weighted by atomic mass is 35.5. The largest absolute Gasteiger partial charge is 0.506 e. The van der Waals surface area contributed by atoms with Crippen LogP contribution in [0.5, 0.6) is 23.1 Å². The van der Waals surface area contributed by atoms with E-state index < -0.39 is 11.8 Å². The number of carbonyl (C=O) groups is 1. The van der Waals surface area contributed by atoms with Gasteiger partial charge in [-0.3, -0.25) is 4.79 Å². The first-order chi connectivity index (χ1) is 17.9. The molecule has 0 spiro atoms. The summed E-state index contributed by atoms with van der Waals surface area (Å²) in [6.07, 6.45) is 2.18. The van der Waals surface area contributed by atoms with Crippen LogP contribution in [0.3, 0.4) is 0 Å². The lowest BCUT2D eigenvalue weighted by Gasteiger charge is -2.36. The van der Waals surface area contributed by atoms with Crippen molar-refractivity contribution in [3.63, 3.8) is 0 Å². The highest BCUT2D eigenvalue weighted by molar-refractivity contribution is 6.30. The quantitative estimate of drug-likeness (QED) is 0.420. The third-order valence-electron chi connectivity index (χ3n) is 6.64. The van der Waals surface area contributed by atoms with Crippen molar-refractivity contribution in [2.24, 2.45) is 0 Å². The molecule has 196 valence electrons. The van der Waals surface area contributed by atoms with Crippen LogP contribution in [0.25, 0.3) is 11.1 Å². The highest BCUT2D eigenvalue weighted by Gasteiger charge is 2.32. The van der Waals surface area contributed by atoms with Crippen molar-refractivity contribution >= 4 is 23.2 Å². The van der Waals surface area contributed by atoms with E-state index in [1.807, 2.05) is 31.2 Å². The second-order valence-electron chi connectivity index (χ2n) is 8.88. The van der Waals surface area contributed by atoms with E-state index in [1.165, 1.54) is 14.2 Å². The molecule has 0 atom stereocenters. The summed E-state index contributed by atoms with van der Waals surface area (Å²) in [6.45, 7) is 4.09. The Hall–Kier alpha value is -3.65. The predicted octanol–water partition coefficient (Wildman–Crippen LogP) is 5.14. The number of benzene rings is 2. The van der Waals surface area contributed by atoms with Crippen LogP contribution in [0, 0.1) is 0 Å².